The Morgan fingerprint density at radius 3 is 2.68 bits per heavy atom. The average molecular weight is 507 g/mol. The Hall–Kier alpha value is -1.29. The molecule has 1 atom stereocenters. The zero-order valence-corrected chi connectivity index (χ0v) is 19.5. The van der Waals surface area contributed by atoms with Gasteiger partial charge in [0.2, 0.25) is 0 Å². The summed E-state index contributed by atoms with van der Waals surface area (Å²) in [4.78, 5) is 16.3. The van der Waals surface area contributed by atoms with E-state index in [1.54, 1.807) is 13.0 Å². The van der Waals surface area contributed by atoms with Crippen LogP contribution in [0.15, 0.2) is 21.5 Å². The molecule has 1 aromatic heterocycles. The first-order valence-corrected chi connectivity index (χ1v) is 9.91. The number of halogens is 1. The predicted molar refractivity (Wildman–Crippen MR) is 120 cm³/mol. The molecule has 0 aliphatic heterocycles. The van der Waals surface area contributed by atoms with E-state index in [-0.39, 0.29) is 42.6 Å². The molecule has 1 heterocycles. The van der Waals surface area contributed by atoms with Crippen molar-refractivity contribution in [1.82, 2.24) is 10.6 Å². The van der Waals surface area contributed by atoms with Crippen LogP contribution in [0, 0.1) is 6.92 Å². The number of carbonyl (C=O) groups excluding carboxylic acids is 1. The topological polar surface area (TPSA) is 96.1 Å². The third-order valence-corrected chi connectivity index (χ3v) is 4.61. The van der Waals surface area contributed by atoms with Gasteiger partial charge in [-0.3, -0.25) is 4.79 Å². The van der Waals surface area contributed by atoms with Gasteiger partial charge in [0.25, 0.3) is 0 Å². The monoisotopic (exact) mass is 507 g/mol. The number of furan rings is 1. The van der Waals surface area contributed by atoms with E-state index in [0.717, 1.165) is 31.4 Å². The SMILES string of the molecule is CCNC(=NCC(C)(O)c1ccc(C)o1)NCCCC(=O)OC1CCCC1.I. The summed E-state index contributed by atoms with van der Waals surface area (Å²) in [5, 5.41) is 16.9. The highest BCUT2D eigenvalue weighted by atomic mass is 127. The first-order valence-electron chi connectivity index (χ1n) is 9.91. The van der Waals surface area contributed by atoms with E-state index in [1.807, 2.05) is 19.9 Å². The molecule has 28 heavy (non-hydrogen) atoms. The van der Waals surface area contributed by atoms with Crippen molar-refractivity contribution in [3.8, 4) is 0 Å². The number of carbonyl (C=O) groups is 1. The van der Waals surface area contributed by atoms with Gasteiger partial charge in [0, 0.05) is 19.5 Å². The fourth-order valence-corrected chi connectivity index (χ4v) is 3.07. The molecule has 2 rings (SSSR count). The Balaban J connectivity index is 0.00000392. The first-order chi connectivity index (χ1) is 12.9. The molecular formula is C20H34IN3O4. The molecule has 0 bridgehead atoms. The number of guanidine groups is 1. The van der Waals surface area contributed by atoms with Gasteiger partial charge >= 0.3 is 5.97 Å². The maximum absolute atomic E-state index is 11.8. The lowest BCUT2D eigenvalue weighted by molar-refractivity contribution is -0.148. The summed E-state index contributed by atoms with van der Waals surface area (Å²) >= 11 is 0. The molecule has 0 radical (unpaired) electrons. The minimum absolute atomic E-state index is 0. The van der Waals surface area contributed by atoms with Crippen molar-refractivity contribution in [1.29, 1.82) is 0 Å². The van der Waals surface area contributed by atoms with Crippen LogP contribution in [0.3, 0.4) is 0 Å². The number of nitrogens with one attached hydrogen (secondary N) is 2. The molecule has 1 saturated carbocycles. The molecule has 0 spiro atoms. The Bertz CT molecular complexity index is 625. The Kier molecular flexibility index (Phi) is 10.9. The summed E-state index contributed by atoms with van der Waals surface area (Å²) in [6.07, 6.45) is 5.49. The zero-order valence-electron chi connectivity index (χ0n) is 17.1. The van der Waals surface area contributed by atoms with Crippen LogP contribution < -0.4 is 10.6 Å². The second-order valence-electron chi connectivity index (χ2n) is 7.31. The van der Waals surface area contributed by atoms with Crippen LogP contribution in [0.4, 0.5) is 0 Å². The van der Waals surface area contributed by atoms with E-state index >= 15 is 0 Å². The highest BCUT2D eigenvalue weighted by Gasteiger charge is 2.26. The molecule has 7 nitrogen and oxygen atoms in total. The third kappa shape index (κ3) is 8.38. The molecule has 0 saturated heterocycles. The molecule has 3 N–H and O–H groups in total. The number of nitrogens with zero attached hydrogens (tertiary/aromatic N) is 1. The van der Waals surface area contributed by atoms with Crippen LogP contribution >= 0.6 is 24.0 Å². The quantitative estimate of drug-likeness (QED) is 0.156. The summed E-state index contributed by atoms with van der Waals surface area (Å²) in [5.41, 5.74) is -1.18. The van der Waals surface area contributed by atoms with Crippen LogP contribution in [-0.2, 0) is 15.1 Å². The second kappa shape index (κ2) is 12.3. The molecule has 1 aromatic rings. The lowest BCUT2D eigenvalue weighted by Gasteiger charge is -2.19. The van der Waals surface area contributed by atoms with Crippen LogP contribution in [0.5, 0.6) is 0 Å². The highest BCUT2D eigenvalue weighted by Crippen LogP contribution is 2.23. The van der Waals surface area contributed by atoms with E-state index in [9.17, 15) is 9.90 Å². The molecular weight excluding hydrogens is 473 g/mol. The number of aliphatic imine (C=N–C) groups is 1. The van der Waals surface area contributed by atoms with Crippen molar-refractivity contribution in [2.24, 2.45) is 4.99 Å². The predicted octanol–water partition coefficient (Wildman–Crippen LogP) is 3.23. The van der Waals surface area contributed by atoms with Gasteiger partial charge in [0.05, 0.1) is 6.54 Å². The number of rotatable bonds is 9. The Morgan fingerprint density at radius 1 is 1.36 bits per heavy atom. The van der Waals surface area contributed by atoms with Gasteiger partial charge < -0.3 is 24.9 Å². The summed E-state index contributed by atoms with van der Waals surface area (Å²) in [5.74, 6) is 1.73. The minimum atomic E-state index is -1.18. The summed E-state index contributed by atoms with van der Waals surface area (Å²) in [6, 6.07) is 3.59. The standard InChI is InChI=1S/C20H33N3O4.HI/c1-4-21-19(23-14-20(3,25)17-12-11-15(2)26-17)22-13-7-10-18(24)27-16-8-5-6-9-16;/h11-12,16,25H,4-10,13-14H2,1-3H3,(H2,21,22,23);1H. The molecule has 1 aliphatic rings. The molecule has 1 fully saturated rings. The van der Waals surface area contributed by atoms with E-state index in [2.05, 4.69) is 15.6 Å². The number of esters is 1. The minimum Gasteiger partial charge on any atom is -0.463 e. The van der Waals surface area contributed by atoms with Gasteiger partial charge in [0.1, 0.15) is 23.2 Å². The van der Waals surface area contributed by atoms with Crippen molar-refractivity contribution in [3.05, 3.63) is 23.7 Å². The van der Waals surface area contributed by atoms with Gasteiger partial charge in [-0.15, -0.1) is 24.0 Å². The van der Waals surface area contributed by atoms with Crippen molar-refractivity contribution < 1.29 is 19.1 Å². The Morgan fingerprint density at radius 2 is 2.07 bits per heavy atom. The van der Waals surface area contributed by atoms with E-state index in [1.165, 1.54) is 0 Å². The van der Waals surface area contributed by atoms with E-state index in [4.69, 9.17) is 9.15 Å². The molecule has 1 aliphatic carbocycles. The highest BCUT2D eigenvalue weighted by molar-refractivity contribution is 14.0. The molecule has 0 amide bonds. The van der Waals surface area contributed by atoms with Crippen LogP contribution in [0.2, 0.25) is 0 Å². The second-order valence-corrected chi connectivity index (χ2v) is 7.31. The van der Waals surface area contributed by atoms with Crippen molar-refractivity contribution in [3.63, 3.8) is 0 Å². The largest absolute Gasteiger partial charge is 0.463 e. The lowest BCUT2D eigenvalue weighted by atomic mass is 10.0. The number of ether oxygens (including phenoxy) is 1. The fourth-order valence-electron chi connectivity index (χ4n) is 3.07. The van der Waals surface area contributed by atoms with Gasteiger partial charge in [-0.1, -0.05) is 0 Å². The van der Waals surface area contributed by atoms with Crippen LogP contribution in [0.1, 0.15) is 63.9 Å². The lowest BCUT2D eigenvalue weighted by Crippen LogP contribution is -2.39. The van der Waals surface area contributed by atoms with Gasteiger partial charge in [-0.2, -0.15) is 0 Å². The van der Waals surface area contributed by atoms with Gasteiger partial charge in [-0.05, 0) is 65.0 Å². The smallest absolute Gasteiger partial charge is 0.306 e. The fraction of sp³-hybridized carbons (Fsp3) is 0.700. The third-order valence-electron chi connectivity index (χ3n) is 4.61. The van der Waals surface area contributed by atoms with Crippen LogP contribution in [-0.4, -0.2) is 42.8 Å². The van der Waals surface area contributed by atoms with Gasteiger partial charge in [-0.25, -0.2) is 4.99 Å². The number of hydrogen-bond acceptors (Lipinski definition) is 5. The van der Waals surface area contributed by atoms with Gasteiger partial charge in [0.15, 0.2) is 5.96 Å². The molecule has 8 heteroatoms. The molecule has 0 aromatic carbocycles. The van der Waals surface area contributed by atoms with Crippen molar-refractivity contribution in [2.45, 2.75) is 71.0 Å². The van der Waals surface area contributed by atoms with E-state index in [0.29, 0.717) is 37.7 Å². The number of hydrogen-bond donors (Lipinski definition) is 3. The molecule has 160 valence electrons. The van der Waals surface area contributed by atoms with E-state index < -0.39 is 5.60 Å². The first kappa shape index (κ1) is 24.7. The number of aliphatic hydroxyl groups is 1. The maximum atomic E-state index is 11.8. The zero-order chi connectivity index (χ0) is 19.7. The van der Waals surface area contributed by atoms with Crippen molar-refractivity contribution >= 4 is 35.9 Å². The molecule has 1 unspecified atom stereocenters. The summed E-state index contributed by atoms with van der Waals surface area (Å²) in [6.45, 7) is 6.97. The average Bonchev–Trinajstić information content (AvgIpc) is 3.28. The Labute approximate surface area is 184 Å². The van der Waals surface area contributed by atoms with Crippen molar-refractivity contribution in [2.75, 3.05) is 19.6 Å². The number of aryl methyl sites for hydroxylation is 1. The summed E-state index contributed by atoms with van der Waals surface area (Å²) < 4.78 is 11.0. The summed E-state index contributed by atoms with van der Waals surface area (Å²) in [7, 11) is 0. The normalized spacial score (nSPS) is 16.9. The van der Waals surface area contributed by atoms with Crippen LogP contribution in [0.25, 0.3) is 0 Å². The maximum Gasteiger partial charge on any atom is 0.306 e.